The molecule has 0 unspecified atom stereocenters. The Labute approximate surface area is 137 Å². The molecular formula is C17H16F3N3O. The highest BCUT2D eigenvalue weighted by atomic mass is 19.4. The quantitative estimate of drug-likeness (QED) is 0.917. The number of fused-ring (bicyclic) bond motifs is 1. The van der Waals surface area contributed by atoms with Crippen molar-refractivity contribution in [2.24, 2.45) is 5.73 Å². The van der Waals surface area contributed by atoms with E-state index in [1.54, 1.807) is 19.1 Å². The van der Waals surface area contributed by atoms with Gasteiger partial charge < -0.3 is 10.6 Å². The van der Waals surface area contributed by atoms with Crippen LogP contribution in [0, 0.1) is 6.92 Å². The summed E-state index contributed by atoms with van der Waals surface area (Å²) in [5.74, 6) is 0.151. The van der Waals surface area contributed by atoms with Crippen molar-refractivity contribution >= 4 is 11.7 Å². The predicted octanol–water partition coefficient (Wildman–Crippen LogP) is 3.07. The molecule has 1 aromatic heterocycles. The van der Waals surface area contributed by atoms with E-state index >= 15 is 0 Å². The number of halogens is 3. The van der Waals surface area contributed by atoms with Crippen molar-refractivity contribution in [2.75, 3.05) is 11.4 Å². The second kappa shape index (κ2) is 5.81. The normalized spacial score (nSPS) is 14.4. The van der Waals surface area contributed by atoms with Gasteiger partial charge in [0.25, 0.3) is 5.91 Å². The number of aromatic nitrogens is 1. The highest BCUT2D eigenvalue weighted by molar-refractivity contribution is 5.94. The van der Waals surface area contributed by atoms with Crippen LogP contribution in [0.15, 0.2) is 30.3 Å². The smallest absolute Gasteiger partial charge is 0.366 e. The highest BCUT2D eigenvalue weighted by Gasteiger charge is 2.31. The Morgan fingerprint density at radius 2 is 1.96 bits per heavy atom. The van der Waals surface area contributed by atoms with Crippen molar-refractivity contribution in [3.05, 3.63) is 58.3 Å². The molecule has 1 amide bonds. The van der Waals surface area contributed by atoms with Crippen molar-refractivity contribution in [1.29, 1.82) is 0 Å². The molecule has 0 bridgehead atoms. The summed E-state index contributed by atoms with van der Waals surface area (Å²) in [5.41, 5.74) is 7.13. The van der Waals surface area contributed by atoms with Gasteiger partial charge in [0.1, 0.15) is 5.82 Å². The first kappa shape index (κ1) is 16.3. The molecule has 1 aliphatic rings. The number of pyridine rings is 1. The number of rotatable bonds is 2. The Bertz CT molecular complexity index is 802. The lowest BCUT2D eigenvalue weighted by Gasteiger charge is -2.30. The molecule has 7 heteroatoms. The number of alkyl halides is 3. The van der Waals surface area contributed by atoms with Crippen LogP contribution in [0.1, 0.15) is 32.7 Å². The van der Waals surface area contributed by atoms with Gasteiger partial charge in [-0.05, 0) is 48.7 Å². The zero-order valence-electron chi connectivity index (χ0n) is 13.0. The number of nitrogens with zero attached hydrogens (tertiary/aromatic N) is 2. The molecule has 0 saturated carbocycles. The number of carbonyl (C=O) groups is 1. The van der Waals surface area contributed by atoms with E-state index in [1.165, 1.54) is 12.1 Å². The molecule has 1 aromatic carbocycles. The standard InChI is InChI=1S/C17H16F3N3O/c1-10-14(16(21)24)4-5-15(22-10)23-7-6-11-8-13(17(18,19)20)3-2-12(11)9-23/h2-5,8H,6-7,9H2,1H3,(H2,21,24). The van der Waals surface area contributed by atoms with Crippen LogP contribution in [0.5, 0.6) is 0 Å². The number of aryl methyl sites for hydroxylation is 1. The van der Waals surface area contributed by atoms with E-state index in [9.17, 15) is 18.0 Å². The van der Waals surface area contributed by atoms with Crippen LogP contribution in [0.3, 0.4) is 0 Å². The van der Waals surface area contributed by atoms with E-state index in [-0.39, 0.29) is 0 Å². The number of hydrogen-bond donors (Lipinski definition) is 1. The molecule has 0 fully saturated rings. The van der Waals surface area contributed by atoms with E-state index < -0.39 is 17.6 Å². The first-order valence-electron chi connectivity index (χ1n) is 7.47. The average molecular weight is 335 g/mol. The predicted molar refractivity (Wildman–Crippen MR) is 83.7 cm³/mol. The summed E-state index contributed by atoms with van der Waals surface area (Å²) in [5, 5.41) is 0. The lowest BCUT2D eigenvalue weighted by Crippen LogP contribution is -2.31. The van der Waals surface area contributed by atoms with Crippen molar-refractivity contribution in [3.63, 3.8) is 0 Å². The number of hydrogen-bond acceptors (Lipinski definition) is 3. The lowest BCUT2D eigenvalue weighted by molar-refractivity contribution is -0.137. The Balaban J connectivity index is 1.85. The molecular weight excluding hydrogens is 319 g/mol. The Hall–Kier alpha value is -2.57. The number of benzene rings is 1. The summed E-state index contributed by atoms with van der Waals surface area (Å²) in [6, 6.07) is 7.19. The van der Waals surface area contributed by atoms with Gasteiger partial charge in [-0.15, -0.1) is 0 Å². The van der Waals surface area contributed by atoms with E-state index in [2.05, 4.69) is 4.98 Å². The molecule has 0 aliphatic carbocycles. The minimum absolute atomic E-state index is 0.367. The largest absolute Gasteiger partial charge is 0.416 e. The first-order chi connectivity index (χ1) is 11.3. The Kier molecular flexibility index (Phi) is 3.95. The van der Waals surface area contributed by atoms with E-state index in [0.29, 0.717) is 42.1 Å². The number of nitrogens with two attached hydrogens (primary N) is 1. The number of anilines is 1. The van der Waals surface area contributed by atoms with E-state index in [1.807, 2.05) is 4.90 Å². The third-order valence-corrected chi connectivity index (χ3v) is 4.21. The van der Waals surface area contributed by atoms with Gasteiger partial charge in [-0.3, -0.25) is 4.79 Å². The zero-order chi connectivity index (χ0) is 17.5. The Morgan fingerprint density at radius 1 is 1.21 bits per heavy atom. The molecule has 0 spiro atoms. The number of carbonyl (C=O) groups excluding carboxylic acids is 1. The van der Waals surface area contributed by atoms with Crippen molar-refractivity contribution in [2.45, 2.75) is 26.1 Å². The third kappa shape index (κ3) is 3.06. The SMILES string of the molecule is Cc1nc(N2CCc3cc(C(F)(F)F)ccc3C2)ccc1C(N)=O. The second-order valence-electron chi connectivity index (χ2n) is 5.82. The van der Waals surface area contributed by atoms with E-state index in [0.717, 1.165) is 11.6 Å². The summed E-state index contributed by atoms with van der Waals surface area (Å²) in [7, 11) is 0. The molecule has 2 heterocycles. The molecule has 1 aliphatic heterocycles. The van der Waals surface area contributed by atoms with Gasteiger partial charge in [0.2, 0.25) is 0 Å². The molecule has 2 N–H and O–H groups in total. The van der Waals surface area contributed by atoms with Gasteiger partial charge >= 0.3 is 6.18 Å². The third-order valence-electron chi connectivity index (χ3n) is 4.21. The fourth-order valence-electron chi connectivity index (χ4n) is 2.91. The molecule has 0 atom stereocenters. The topological polar surface area (TPSA) is 59.2 Å². The fourth-order valence-corrected chi connectivity index (χ4v) is 2.91. The van der Waals surface area contributed by atoms with Gasteiger partial charge in [0, 0.05) is 13.1 Å². The Morgan fingerprint density at radius 3 is 2.58 bits per heavy atom. The maximum Gasteiger partial charge on any atom is 0.416 e. The van der Waals surface area contributed by atoms with Crippen LogP contribution >= 0.6 is 0 Å². The molecule has 24 heavy (non-hydrogen) atoms. The van der Waals surface area contributed by atoms with Crippen LogP contribution in [-0.2, 0) is 19.1 Å². The summed E-state index contributed by atoms with van der Waals surface area (Å²) in [6.07, 6.45) is -3.81. The van der Waals surface area contributed by atoms with Crippen molar-refractivity contribution in [3.8, 4) is 0 Å². The summed E-state index contributed by atoms with van der Waals surface area (Å²) in [4.78, 5) is 17.6. The summed E-state index contributed by atoms with van der Waals surface area (Å²) >= 11 is 0. The van der Waals surface area contributed by atoms with Crippen LogP contribution < -0.4 is 10.6 Å². The minimum Gasteiger partial charge on any atom is -0.366 e. The molecule has 4 nitrogen and oxygen atoms in total. The van der Waals surface area contributed by atoms with Crippen LogP contribution in [-0.4, -0.2) is 17.4 Å². The molecule has 126 valence electrons. The number of amides is 1. The second-order valence-corrected chi connectivity index (χ2v) is 5.82. The molecule has 2 aromatic rings. The average Bonchev–Trinajstić information content (AvgIpc) is 2.52. The fraction of sp³-hybridized carbons (Fsp3) is 0.294. The maximum absolute atomic E-state index is 12.8. The van der Waals surface area contributed by atoms with Gasteiger partial charge in [0.05, 0.1) is 16.8 Å². The molecule has 0 saturated heterocycles. The zero-order valence-corrected chi connectivity index (χ0v) is 13.0. The van der Waals surface area contributed by atoms with Gasteiger partial charge in [-0.2, -0.15) is 13.2 Å². The summed E-state index contributed by atoms with van der Waals surface area (Å²) < 4.78 is 38.4. The molecule has 0 radical (unpaired) electrons. The van der Waals surface area contributed by atoms with Crippen LogP contribution in [0.2, 0.25) is 0 Å². The first-order valence-corrected chi connectivity index (χ1v) is 7.47. The van der Waals surface area contributed by atoms with Gasteiger partial charge in [-0.25, -0.2) is 4.98 Å². The van der Waals surface area contributed by atoms with Crippen molar-refractivity contribution < 1.29 is 18.0 Å². The highest BCUT2D eigenvalue weighted by Crippen LogP contribution is 2.32. The van der Waals surface area contributed by atoms with Gasteiger partial charge in [-0.1, -0.05) is 6.07 Å². The van der Waals surface area contributed by atoms with E-state index in [4.69, 9.17) is 5.73 Å². The van der Waals surface area contributed by atoms with Crippen LogP contribution in [0.25, 0.3) is 0 Å². The minimum atomic E-state index is -4.32. The summed E-state index contributed by atoms with van der Waals surface area (Å²) in [6.45, 7) is 2.75. The van der Waals surface area contributed by atoms with Crippen molar-refractivity contribution in [1.82, 2.24) is 4.98 Å². The lowest BCUT2D eigenvalue weighted by atomic mass is 9.97. The van der Waals surface area contributed by atoms with Gasteiger partial charge in [0.15, 0.2) is 0 Å². The maximum atomic E-state index is 12.8. The van der Waals surface area contributed by atoms with Crippen LogP contribution in [0.4, 0.5) is 19.0 Å². The monoisotopic (exact) mass is 335 g/mol. The molecule has 3 rings (SSSR count). The number of primary amides is 1.